The molecular formula is C3H9N. The van der Waals surface area contributed by atoms with E-state index in [2.05, 4.69) is 5.32 Å². The number of hydrogen-bond donors (Lipinski definition) is 1. The van der Waals surface area contributed by atoms with E-state index in [1.54, 1.807) is 7.05 Å². The largest absolute Gasteiger partial charge is 0.320 e. The molecule has 0 aromatic carbocycles. The summed E-state index contributed by atoms with van der Waals surface area (Å²) < 4.78 is 19.8. The first-order valence-corrected chi connectivity index (χ1v) is 1.21. The minimum atomic E-state index is -1.81. The van der Waals surface area contributed by atoms with Crippen LogP contribution in [-0.4, -0.2) is 13.6 Å². The van der Waals surface area contributed by atoms with Gasteiger partial charge in [0.15, 0.2) is 0 Å². The molecule has 0 aromatic heterocycles. The van der Waals surface area contributed by atoms with E-state index in [0.717, 1.165) is 0 Å². The zero-order chi connectivity index (χ0) is 5.91. The summed E-state index contributed by atoms with van der Waals surface area (Å²) in [6.07, 6.45) is 0. The highest BCUT2D eigenvalue weighted by Crippen LogP contribution is 1.34. The van der Waals surface area contributed by atoms with Crippen LogP contribution in [0.25, 0.3) is 0 Å². The second-order valence-corrected chi connectivity index (χ2v) is 0.530. The second-order valence-electron chi connectivity index (χ2n) is 0.530. The van der Waals surface area contributed by atoms with Gasteiger partial charge in [0.25, 0.3) is 0 Å². The van der Waals surface area contributed by atoms with Crippen molar-refractivity contribution in [2.45, 2.75) is 6.85 Å². The van der Waals surface area contributed by atoms with Crippen LogP contribution >= 0.6 is 0 Å². The molecule has 4 heavy (non-hydrogen) atoms. The molecule has 0 saturated carbocycles. The summed E-state index contributed by atoms with van der Waals surface area (Å²) in [5, 5.41) is 2.55. The molecule has 0 radical (unpaired) electrons. The standard InChI is InChI=1S/C3H9N/c1-3-4-2/h4H,3H2,1-2H3/i1D3. The highest BCUT2D eigenvalue weighted by Gasteiger charge is 1.50. The summed E-state index contributed by atoms with van der Waals surface area (Å²) in [5.41, 5.74) is 0. The maximum atomic E-state index is 6.60. The van der Waals surface area contributed by atoms with Crippen molar-refractivity contribution in [2.75, 3.05) is 13.6 Å². The van der Waals surface area contributed by atoms with E-state index in [-0.39, 0.29) is 6.54 Å². The minimum Gasteiger partial charge on any atom is -0.320 e. The quantitative estimate of drug-likeness (QED) is 0.458. The van der Waals surface area contributed by atoms with E-state index in [0.29, 0.717) is 0 Å². The Morgan fingerprint density at radius 2 is 3.00 bits per heavy atom. The molecule has 0 bridgehead atoms. The Morgan fingerprint density at radius 1 is 2.25 bits per heavy atom. The summed E-state index contributed by atoms with van der Waals surface area (Å²) >= 11 is 0. The fourth-order valence-corrected chi connectivity index (χ4v) is 0. The van der Waals surface area contributed by atoms with Gasteiger partial charge in [0.2, 0.25) is 0 Å². The van der Waals surface area contributed by atoms with Crippen LogP contribution in [0.3, 0.4) is 0 Å². The van der Waals surface area contributed by atoms with Crippen molar-refractivity contribution >= 4 is 0 Å². The van der Waals surface area contributed by atoms with E-state index in [1.165, 1.54) is 0 Å². The molecule has 0 fully saturated rings. The van der Waals surface area contributed by atoms with Crippen LogP contribution in [0.2, 0.25) is 0 Å². The van der Waals surface area contributed by atoms with Gasteiger partial charge in [-0.3, -0.25) is 0 Å². The summed E-state index contributed by atoms with van der Waals surface area (Å²) in [6.45, 7) is -1.72. The Bertz CT molecular complexity index is 48.6. The van der Waals surface area contributed by atoms with Crippen LogP contribution in [0.5, 0.6) is 0 Å². The highest BCUT2D eigenvalue weighted by molar-refractivity contribution is 4.15. The zero-order valence-corrected chi connectivity index (χ0v) is 2.71. The smallest absolute Gasteiger partial charge is 0.0243 e. The molecule has 0 atom stereocenters. The van der Waals surface area contributed by atoms with Crippen LogP contribution in [0, 0.1) is 0 Å². The van der Waals surface area contributed by atoms with Crippen LogP contribution in [-0.2, 0) is 0 Å². The van der Waals surface area contributed by atoms with E-state index in [4.69, 9.17) is 4.11 Å². The second kappa shape index (κ2) is 2.96. The van der Waals surface area contributed by atoms with Gasteiger partial charge >= 0.3 is 0 Å². The van der Waals surface area contributed by atoms with Gasteiger partial charge in [-0.05, 0) is 13.6 Å². The van der Waals surface area contributed by atoms with Gasteiger partial charge in [-0.25, -0.2) is 0 Å². The average molecular weight is 62.1 g/mol. The van der Waals surface area contributed by atoms with Crippen LogP contribution in [0.1, 0.15) is 11.0 Å². The van der Waals surface area contributed by atoms with Crippen molar-refractivity contribution in [3.8, 4) is 0 Å². The third-order valence-electron chi connectivity index (χ3n) is 0.177. The SMILES string of the molecule is [2H]C([2H])([2H])CNC. The van der Waals surface area contributed by atoms with Gasteiger partial charge in [0, 0.05) is 4.11 Å². The van der Waals surface area contributed by atoms with E-state index in [9.17, 15) is 0 Å². The molecule has 0 saturated heterocycles. The average Bonchev–Trinajstić information content (AvgIpc) is 1.30. The lowest BCUT2D eigenvalue weighted by atomic mass is 10.8. The van der Waals surface area contributed by atoms with Gasteiger partial charge in [0.05, 0.1) is 0 Å². The molecule has 0 unspecified atom stereocenters. The molecule has 0 aromatic rings. The van der Waals surface area contributed by atoms with Crippen LogP contribution < -0.4 is 5.32 Å². The predicted molar refractivity (Wildman–Crippen MR) is 19.6 cm³/mol. The predicted octanol–water partition coefficient (Wildman–Crippen LogP) is 0.226. The van der Waals surface area contributed by atoms with Gasteiger partial charge < -0.3 is 5.32 Å². The lowest BCUT2D eigenvalue weighted by Gasteiger charge is -1.76. The third-order valence-corrected chi connectivity index (χ3v) is 0.177. The summed E-state index contributed by atoms with van der Waals surface area (Å²) in [6, 6.07) is 0. The Hall–Kier alpha value is -0.0400. The fraction of sp³-hybridized carbons (Fsp3) is 1.00. The molecule has 1 N–H and O–H groups in total. The molecule has 0 spiro atoms. The fourth-order valence-electron chi connectivity index (χ4n) is 0. The molecule has 1 nitrogen and oxygen atoms in total. The highest BCUT2D eigenvalue weighted by atomic mass is 14.8. The molecule has 0 rings (SSSR count). The number of rotatable bonds is 1. The Kier molecular flexibility index (Phi) is 0.723. The number of hydrogen-bond acceptors (Lipinski definition) is 1. The Morgan fingerprint density at radius 3 is 3.00 bits per heavy atom. The maximum Gasteiger partial charge on any atom is 0.0243 e. The molecule has 0 amide bonds. The summed E-state index contributed by atoms with van der Waals surface area (Å²) in [7, 11) is 1.62. The topological polar surface area (TPSA) is 12.0 Å². The van der Waals surface area contributed by atoms with Crippen molar-refractivity contribution in [2.24, 2.45) is 0 Å². The van der Waals surface area contributed by atoms with Crippen molar-refractivity contribution in [3.63, 3.8) is 0 Å². The van der Waals surface area contributed by atoms with Gasteiger partial charge in [0.1, 0.15) is 0 Å². The summed E-state index contributed by atoms with van der Waals surface area (Å²) in [5.74, 6) is 0. The van der Waals surface area contributed by atoms with Gasteiger partial charge in [-0.2, -0.15) is 0 Å². The van der Waals surface area contributed by atoms with Crippen molar-refractivity contribution in [1.29, 1.82) is 0 Å². The molecule has 0 aliphatic carbocycles. The van der Waals surface area contributed by atoms with Crippen molar-refractivity contribution < 1.29 is 4.11 Å². The third kappa shape index (κ3) is 1.96. The number of nitrogens with one attached hydrogen (secondary N) is 1. The minimum absolute atomic E-state index is 0.0903. The van der Waals surface area contributed by atoms with E-state index >= 15 is 0 Å². The van der Waals surface area contributed by atoms with E-state index in [1.807, 2.05) is 0 Å². The van der Waals surface area contributed by atoms with Crippen LogP contribution in [0.15, 0.2) is 0 Å². The molecule has 1 heteroatoms. The molecule has 26 valence electrons. The van der Waals surface area contributed by atoms with Gasteiger partial charge in [-0.1, -0.05) is 6.85 Å². The monoisotopic (exact) mass is 62.1 g/mol. The first-order chi connectivity index (χ1) is 3.06. The van der Waals surface area contributed by atoms with E-state index < -0.39 is 6.85 Å². The van der Waals surface area contributed by atoms with Crippen LogP contribution in [0.4, 0.5) is 0 Å². The molecular weight excluding hydrogens is 50.0 g/mol. The zero-order valence-electron chi connectivity index (χ0n) is 5.71. The maximum absolute atomic E-state index is 6.60. The molecule has 0 aliphatic rings. The van der Waals surface area contributed by atoms with Crippen molar-refractivity contribution in [1.82, 2.24) is 5.32 Å². The first kappa shape index (κ1) is 0.977. The Labute approximate surface area is 31.2 Å². The van der Waals surface area contributed by atoms with Crippen molar-refractivity contribution in [3.05, 3.63) is 0 Å². The van der Waals surface area contributed by atoms with Gasteiger partial charge in [-0.15, -0.1) is 0 Å². The summed E-state index contributed by atoms with van der Waals surface area (Å²) in [4.78, 5) is 0. The lowest BCUT2D eigenvalue weighted by molar-refractivity contribution is 0.864. The molecule has 0 heterocycles. The lowest BCUT2D eigenvalue weighted by Crippen LogP contribution is -2.01. The first-order valence-electron chi connectivity index (χ1n) is 2.71. The molecule has 0 aliphatic heterocycles. The Balaban J connectivity index is 3.15. The normalized spacial score (nSPS) is 21.8.